The van der Waals surface area contributed by atoms with Gasteiger partial charge in [0.1, 0.15) is 0 Å². The molecule has 22 heavy (non-hydrogen) atoms. The summed E-state index contributed by atoms with van der Waals surface area (Å²) in [5.74, 6) is 0.314. The molecule has 0 spiro atoms. The Morgan fingerprint density at radius 1 is 1.14 bits per heavy atom. The predicted octanol–water partition coefficient (Wildman–Crippen LogP) is 2.04. The van der Waals surface area contributed by atoms with Gasteiger partial charge in [-0.2, -0.15) is 0 Å². The highest BCUT2D eigenvalue weighted by Gasteiger charge is 2.27. The monoisotopic (exact) mass is 301 g/mol. The van der Waals surface area contributed by atoms with E-state index in [-0.39, 0.29) is 6.04 Å². The van der Waals surface area contributed by atoms with E-state index in [2.05, 4.69) is 39.4 Å². The maximum atomic E-state index is 12.6. The zero-order valence-corrected chi connectivity index (χ0v) is 13.3. The number of likely N-dealkylation sites (tertiary alicyclic amines) is 1. The van der Waals surface area contributed by atoms with Crippen molar-refractivity contribution in [3.8, 4) is 0 Å². The maximum Gasteiger partial charge on any atom is 0.223 e. The van der Waals surface area contributed by atoms with E-state index in [1.165, 1.54) is 31.5 Å². The molecular weight excluding hydrogens is 274 g/mol. The summed E-state index contributed by atoms with van der Waals surface area (Å²) in [7, 11) is 0. The van der Waals surface area contributed by atoms with Gasteiger partial charge in [0.25, 0.3) is 0 Å². The van der Waals surface area contributed by atoms with E-state index in [4.69, 9.17) is 0 Å². The SMILES string of the molecule is O=C(CCCN1CCCC1)N1CCNC[C@H]1c1ccccc1. The molecule has 0 aliphatic carbocycles. The number of amides is 1. The second kappa shape index (κ2) is 7.75. The minimum absolute atomic E-state index is 0.189. The molecule has 2 aliphatic rings. The van der Waals surface area contributed by atoms with E-state index >= 15 is 0 Å². The molecule has 0 aromatic heterocycles. The van der Waals surface area contributed by atoms with Crippen molar-refractivity contribution in [3.63, 3.8) is 0 Å². The zero-order chi connectivity index (χ0) is 15.2. The lowest BCUT2D eigenvalue weighted by atomic mass is 10.0. The van der Waals surface area contributed by atoms with Gasteiger partial charge in [-0.3, -0.25) is 4.79 Å². The summed E-state index contributed by atoms with van der Waals surface area (Å²) in [6.45, 7) is 6.10. The van der Waals surface area contributed by atoms with Crippen LogP contribution in [0.15, 0.2) is 30.3 Å². The molecule has 2 aliphatic heterocycles. The van der Waals surface area contributed by atoms with Gasteiger partial charge in [-0.1, -0.05) is 30.3 Å². The number of hydrogen-bond acceptors (Lipinski definition) is 3. The smallest absolute Gasteiger partial charge is 0.223 e. The van der Waals surface area contributed by atoms with Crippen LogP contribution in [0, 0.1) is 0 Å². The standard InChI is InChI=1S/C18H27N3O/c22-18(9-6-13-20-11-4-5-12-20)21-14-10-19-15-17(21)16-7-2-1-3-8-16/h1-3,7-8,17,19H,4-6,9-15H2/t17-/m0/s1. The van der Waals surface area contributed by atoms with Crippen LogP contribution < -0.4 is 5.32 Å². The molecule has 120 valence electrons. The van der Waals surface area contributed by atoms with Gasteiger partial charge in [-0.05, 0) is 44.5 Å². The lowest BCUT2D eigenvalue weighted by Gasteiger charge is -2.36. The first-order valence-corrected chi connectivity index (χ1v) is 8.62. The summed E-state index contributed by atoms with van der Waals surface area (Å²) in [6, 6.07) is 10.6. The van der Waals surface area contributed by atoms with Crippen LogP contribution >= 0.6 is 0 Å². The Morgan fingerprint density at radius 3 is 2.68 bits per heavy atom. The Bertz CT molecular complexity index is 470. The Balaban J connectivity index is 1.54. The van der Waals surface area contributed by atoms with Gasteiger partial charge in [-0.15, -0.1) is 0 Å². The average molecular weight is 301 g/mol. The molecule has 1 atom stereocenters. The third-order valence-corrected chi connectivity index (χ3v) is 4.81. The van der Waals surface area contributed by atoms with E-state index in [9.17, 15) is 4.79 Å². The number of piperazine rings is 1. The summed E-state index contributed by atoms with van der Waals surface area (Å²) in [4.78, 5) is 17.2. The fourth-order valence-electron chi connectivity index (χ4n) is 3.58. The van der Waals surface area contributed by atoms with Crippen molar-refractivity contribution in [2.75, 3.05) is 39.3 Å². The molecule has 1 N–H and O–H groups in total. The summed E-state index contributed by atoms with van der Waals surface area (Å²) < 4.78 is 0. The third kappa shape index (κ3) is 3.87. The molecule has 2 saturated heterocycles. The number of nitrogens with one attached hydrogen (secondary N) is 1. The third-order valence-electron chi connectivity index (χ3n) is 4.81. The molecule has 2 heterocycles. The largest absolute Gasteiger partial charge is 0.333 e. The van der Waals surface area contributed by atoms with Crippen LogP contribution in [0.5, 0.6) is 0 Å². The number of rotatable bonds is 5. The highest BCUT2D eigenvalue weighted by Crippen LogP contribution is 2.23. The Labute approximate surface area is 133 Å². The van der Waals surface area contributed by atoms with Crippen LogP contribution in [0.3, 0.4) is 0 Å². The van der Waals surface area contributed by atoms with Gasteiger partial charge in [0.2, 0.25) is 5.91 Å². The normalized spacial score (nSPS) is 22.9. The van der Waals surface area contributed by atoms with Crippen LogP contribution in [0.2, 0.25) is 0 Å². The van der Waals surface area contributed by atoms with Gasteiger partial charge >= 0.3 is 0 Å². The molecule has 1 aromatic rings. The molecule has 0 saturated carbocycles. The second-order valence-electron chi connectivity index (χ2n) is 6.37. The minimum atomic E-state index is 0.189. The summed E-state index contributed by atoms with van der Waals surface area (Å²) in [5, 5.41) is 3.42. The number of nitrogens with zero attached hydrogens (tertiary/aromatic N) is 2. The molecule has 3 rings (SSSR count). The molecule has 4 heteroatoms. The van der Waals surface area contributed by atoms with Crippen molar-refractivity contribution in [3.05, 3.63) is 35.9 Å². The average Bonchev–Trinajstić information content (AvgIpc) is 3.09. The van der Waals surface area contributed by atoms with Crippen molar-refractivity contribution < 1.29 is 4.79 Å². The predicted molar refractivity (Wildman–Crippen MR) is 88.7 cm³/mol. The first-order chi connectivity index (χ1) is 10.8. The van der Waals surface area contributed by atoms with Crippen molar-refractivity contribution in [1.29, 1.82) is 0 Å². The van der Waals surface area contributed by atoms with E-state index in [0.29, 0.717) is 12.3 Å². The Kier molecular flexibility index (Phi) is 5.46. The number of benzene rings is 1. The van der Waals surface area contributed by atoms with Crippen LogP contribution in [0.4, 0.5) is 0 Å². The first kappa shape index (κ1) is 15.5. The van der Waals surface area contributed by atoms with Gasteiger partial charge < -0.3 is 15.1 Å². The second-order valence-corrected chi connectivity index (χ2v) is 6.37. The summed E-state index contributed by atoms with van der Waals surface area (Å²) >= 11 is 0. The summed E-state index contributed by atoms with van der Waals surface area (Å²) in [5.41, 5.74) is 1.24. The quantitative estimate of drug-likeness (QED) is 0.904. The van der Waals surface area contributed by atoms with E-state index in [1.54, 1.807) is 0 Å². The molecule has 4 nitrogen and oxygen atoms in total. The van der Waals surface area contributed by atoms with Gasteiger partial charge in [0.05, 0.1) is 6.04 Å². The first-order valence-electron chi connectivity index (χ1n) is 8.62. The topological polar surface area (TPSA) is 35.6 Å². The molecule has 0 unspecified atom stereocenters. The molecule has 2 fully saturated rings. The van der Waals surface area contributed by atoms with Crippen molar-refractivity contribution in [2.24, 2.45) is 0 Å². The van der Waals surface area contributed by atoms with Crippen molar-refractivity contribution in [1.82, 2.24) is 15.1 Å². The number of carbonyl (C=O) groups is 1. The van der Waals surface area contributed by atoms with Crippen molar-refractivity contribution in [2.45, 2.75) is 31.7 Å². The van der Waals surface area contributed by atoms with Crippen LogP contribution in [-0.4, -0.2) is 55.0 Å². The fourth-order valence-corrected chi connectivity index (χ4v) is 3.58. The highest BCUT2D eigenvalue weighted by atomic mass is 16.2. The van der Waals surface area contributed by atoms with Crippen molar-refractivity contribution >= 4 is 5.91 Å². The molecule has 0 bridgehead atoms. The van der Waals surface area contributed by atoms with Gasteiger partial charge in [0, 0.05) is 26.1 Å². The zero-order valence-electron chi connectivity index (χ0n) is 13.3. The lowest BCUT2D eigenvalue weighted by molar-refractivity contribution is -0.134. The number of carbonyl (C=O) groups excluding carboxylic acids is 1. The molecule has 1 amide bonds. The van der Waals surface area contributed by atoms with Crippen LogP contribution in [0.25, 0.3) is 0 Å². The minimum Gasteiger partial charge on any atom is -0.333 e. The number of hydrogen-bond donors (Lipinski definition) is 1. The fraction of sp³-hybridized carbons (Fsp3) is 0.611. The van der Waals surface area contributed by atoms with Crippen LogP contribution in [-0.2, 0) is 4.79 Å². The molecular formula is C18H27N3O. The summed E-state index contributed by atoms with van der Waals surface area (Å²) in [6.07, 6.45) is 4.31. The highest BCUT2D eigenvalue weighted by molar-refractivity contribution is 5.77. The Morgan fingerprint density at radius 2 is 1.91 bits per heavy atom. The van der Waals surface area contributed by atoms with E-state index in [1.807, 2.05) is 6.07 Å². The molecule has 0 radical (unpaired) electrons. The van der Waals surface area contributed by atoms with E-state index in [0.717, 1.165) is 32.6 Å². The van der Waals surface area contributed by atoms with E-state index < -0.39 is 0 Å². The van der Waals surface area contributed by atoms with Crippen LogP contribution in [0.1, 0.15) is 37.3 Å². The lowest BCUT2D eigenvalue weighted by Crippen LogP contribution is -2.48. The molecule has 1 aromatic carbocycles. The van der Waals surface area contributed by atoms with Gasteiger partial charge in [-0.25, -0.2) is 0 Å². The van der Waals surface area contributed by atoms with Gasteiger partial charge in [0.15, 0.2) is 0 Å². The maximum absolute atomic E-state index is 12.6. The Hall–Kier alpha value is -1.39.